The molecule has 38 heavy (non-hydrogen) atoms. The Bertz CT molecular complexity index is 1930. The van der Waals surface area contributed by atoms with Gasteiger partial charge in [-0.05, 0) is 40.6 Å². The minimum Gasteiger partial charge on any atom is -0.335 e. The van der Waals surface area contributed by atoms with E-state index in [4.69, 9.17) is 4.98 Å². The Balaban J connectivity index is 1.25. The molecule has 0 fully saturated rings. The number of hydrogen-bond donors (Lipinski definition) is 3. The number of hydrogen-bond acceptors (Lipinski definition) is 8. The van der Waals surface area contributed by atoms with Crippen molar-refractivity contribution in [3.8, 4) is 34.0 Å². The zero-order chi connectivity index (χ0) is 25.5. The molecule has 6 heterocycles. The van der Waals surface area contributed by atoms with Crippen molar-refractivity contribution < 1.29 is 4.79 Å². The first kappa shape index (κ1) is 21.9. The number of fused-ring (bicyclic) bond motifs is 2. The zero-order valence-corrected chi connectivity index (χ0v) is 20.4. The molecule has 3 N–H and O–H groups in total. The molecule has 1 amide bonds. The lowest BCUT2D eigenvalue weighted by Gasteiger charge is -2.06. The third kappa shape index (κ3) is 3.87. The summed E-state index contributed by atoms with van der Waals surface area (Å²) in [5, 5.41) is 15.2. The van der Waals surface area contributed by atoms with E-state index in [1.807, 2.05) is 23.7 Å². The second-order valence-corrected chi connectivity index (χ2v) is 9.26. The molecule has 6 aromatic heterocycles. The standard InChI is InChI=1S/C27H17N9OS/c37-27(15-4-2-1-3-5-15)33-23-13-29-10-21(31-23)19-8-17-20(12-30-19)35-36-25(17)26-32-22-11-28-9-18(24(22)34-26)16-6-7-38-14-16/h1-14H,(H,32,34)(H,35,36)(H,31,33,37). The van der Waals surface area contributed by atoms with Crippen molar-refractivity contribution in [3.63, 3.8) is 0 Å². The Hall–Kier alpha value is -5.29. The number of pyridine rings is 2. The number of rotatable bonds is 5. The fraction of sp³-hybridized carbons (Fsp3) is 0. The Labute approximate surface area is 218 Å². The van der Waals surface area contributed by atoms with Gasteiger partial charge in [-0.2, -0.15) is 16.4 Å². The van der Waals surface area contributed by atoms with Crippen LogP contribution in [0.15, 0.2) is 84.2 Å². The lowest BCUT2D eigenvalue weighted by Crippen LogP contribution is -2.13. The van der Waals surface area contributed by atoms with Gasteiger partial charge in [0.1, 0.15) is 16.9 Å². The molecule has 7 rings (SSSR count). The first-order chi connectivity index (χ1) is 18.7. The van der Waals surface area contributed by atoms with Crippen molar-refractivity contribution in [2.75, 3.05) is 5.32 Å². The van der Waals surface area contributed by atoms with Crippen molar-refractivity contribution in [2.24, 2.45) is 0 Å². The van der Waals surface area contributed by atoms with Crippen LogP contribution in [-0.2, 0) is 0 Å². The molecule has 0 aliphatic rings. The molecule has 0 unspecified atom stereocenters. The summed E-state index contributed by atoms with van der Waals surface area (Å²) >= 11 is 1.63. The monoisotopic (exact) mass is 515 g/mol. The van der Waals surface area contributed by atoms with Gasteiger partial charge in [-0.1, -0.05) is 18.2 Å². The van der Waals surface area contributed by atoms with Gasteiger partial charge >= 0.3 is 0 Å². The van der Waals surface area contributed by atoms with Crippen molar-refractivity contribution in [2.45, 2.75) is 0 Å². The lowest BCUT2D eigenvalue weighted by atomic mass is 10.1. The van der Waals surface area contributed by atoms with E-state index >= 15 is 0 Å². The highest BCUT2D eigenvalue weighted by atomic mass is 32.1. The summed E-state index contributed by atoms with van der Waals surface area (Å²) in [6, 6.07) is 12.9. The van der Waals surface area contributed by atoms with Gasteiger partial charge in [0.2, 0.25) is 0 Å². The maximum Gasteiger partial charge on any atom is 0.256 e. The summed E-state index contributed by atoms with van der Waals surface area (Å²) < 4.78 is 0. The Morgan fingerprint density at radius 2 is 1.79 bits per heavy atom. The highest BCUT2D eigenvalue weighted by Gasteiger charge is 2.17. The number of benzene rings is 1. The van der Waals surface area contributed by atoms with Crippen molar-refractivity contribution in [1.29, 1.82) is 0 Å². The summed E-state index contributed by atoms with van der Waals surface area (Å²) in [6.45, 7) is 0. The number of thiophene rings is 1. The summed E-state index contributed by atoms with van der Waals surface area (Å²) in [5.74, 6) is 0.679. The van der Waals surface area contributed by atoms with E-state index in [1.165, 1.54) is 6.20 Å². The largest absolute Gasteiger partial charge is 0.335 e. The number of aromatic amines is 2. The lowest BCUT2D eigenvalue weighted by molar-refractivity contribution is 0.102. The van der Waals surface area contributed by atoms with E-state index in [-0.39, 0.29) is 5.91 Å². The van der Waals surface area contributed by atoms with Gasteiger partial charge < -0.3 is 10.3 Å². The minimum atomic E-state index is -0.265. The molecule has 1 aromatic carbocycles. The molecular weight excluding hydrogens is 498 g/mol. The predicted octanol–water partition coefficient (Wildman–Crippen LogP) is 5.33. The minimum absolute atomic E-state index is 0.265. The number of aromatic nitrogens is 8. The number of amides is 1. The smallest absolute Gasteiger partial charge is 0.256 e. The van der Waals surface area contributed by atoms with E-state index in [0.29, 0.717) is 34.3 Å². The highest BCUT2D eigenvalue weighted by Crippen LogP contribution is 2.32. The van der Waals surface area contributed by atoms with E-state index < -0.39 is 0 Å². The molecule has 0 aliphatic carbocycles. The van der Waals surface area contributed by atoms with Crippen LogP contribution in [0, 0.1) is 0 Å². The van der Waals surface area contributed by atoms with Crippen LogP contribution in [0.25, 0.3) is 56.0 Å². The number of nitrogens with zero attached hydrogens (tertiary/aromatic N) is 6. The fourth-order valence-electron chi connectivity index (χ4n) is 4.24. The Kier molecular flexibility index (Phi) is 5.19. The maximum atomic E-state index is 12.6. The number of imidazole rings is 1. The van der Waals surface area contributed by atoms with Gasteiger partial charge in [0.25, 0.3) is 5.91 Å². The number of carbonyl (C=O) groups is 1. The molecule has 7 aromatic rings. The predicted molar refractivity (Wildman–Crippen MR) is 146 cm³/mol. The second kappa shape index (κ2) is 8.98. The van der Waals surface area contributed by atoms with Crippen LogP contribution in [0.2, 0.25) is 0 Å². The van der Waals surface area contributed by atoms with E-state index in [9.17, 15) is 4.79 Å². The number of anilines is 1. The fourth-order valence-corrected chi connectivity index (χ4v) is 4.89. The number of nitrogens with one attached hydrogen (secondary N) is 3. The van der Waals surface area contributed by atoms with Crippen molar-refractivity contribution in [1.82, 2.24) is 40.1 Å². The molecule has 0 radical (unpaired) electrons. The van der Waals surface area contributed by atoms with Gasteiger partial charge in [0.05, 0.1) is 41.5 Å². The molecular formula is C27H17N9OS. The molecule has 0 atom stereocenters. The average molecular weight is 516 g/mol. The Morgan fingerprint density at radius 1 is 0.895 bits per heavy atom. The zero-order valence-electron chi connectivity index (χ0n) is 19.6. The molecule has 0 saturated heterocycles. The van der Waals surface area contributed by atoms with Crippen molar-refractivity contribution >= 4 is 45.0 Å². The third-order valence-electron chi connectivity index (χ3n) is 6.07. The second-order valence-electron chi connectivity index (χ2n) is 8.48. The Morgan fingerprint density at radius 3 is 2.66 bits per heavy atom. The van der Waals surface area contributed by atoms with Gasteiger partial charge in [-0.15, -0.1) is 0 Å². The first-order valence-corrected chi connectivity index (χ1v) is 12.6. The van der Waals surface area contributed by atoms with Crippen LogP contribution in [-0.4, -0.2) is 46.0 Å². The van der Waals surface area contributed by atoms with Gasteiger partial charge in [0, 0.05) is 22.7 Å². The van der Waals surface area contributed by atoms with Crippen LogP contribution in [0.3, 0.4) is 0 Å². The van der Waals surface area contributed by atoms with Crippen LogP contribution in [0.4, 0.5) is 5.82 Å². The SMILES string of the molecule is O=C(Nc1cncc(-c2cc3c(-c4nc5c(-c6ccsc6)cncc5[nH]4)n[nH]c3cn2)n1)c1ccccc1. The maximum absolute atomic E-state index is 12.6. The van der Waals surface area contributed by atoms with Gasteiger partial charge in [-0.3, -0.25) is 24.8 Å². The molecule has 182 valence electrons. The van der Waals surface area contributed by atoms with Crippen LogP contribution in [0.5, 0.6) is 0 Å². The van der Waals surface area contributed by atoms with Crippen LogP contribution in [0.1, 0.15) is 10.4 Å². The molecule has 0 saturated carbocycles. The summed E-state index contributed by atoms with van der Waals surface area (Å²) in [5.41, 5.74) is 6.71. The number of carbonyl (C=O) groups excluding carboxylic acids is 1. The molecule has 10 nitrogen and oxygen atoms in total. The molecule has 0 aliphatic heterocycles. The summed E-state index contributed by atoms with van der Waals surface area (Å²) in [6.07, 6.45) is 8.38. The third-order valence-corrected chi connectivity index (χ3v) is 6.76. The van der Waals surface area contributed by atoms with E-state index in [1.54, 1.807) is 54.2 Å². The molecule has 11 heteroatoms. The van der Waals surface area contributed by atoms with Crippen LogP contribution >= 0.6 is 11.3 Å². The van der Waals surface area contributed by atoms with Crippen molar-refractivity contribution in [3.05, 3.63) is 89.8 Å². The van der Waals surface area contributed by atoms with Gasteiger partial charge in [-0.25, -0.2) is 9.97 Å². The number of H-pyrrole nitrogens is 2. The normalized spacial score (nSPS) is 11.3. The first-order valence-electron chi connectivity index (χ1n) is 11.6. The van der Waals surface area contributed by atoms with E-state index in [2.05, 4.69) is 51.9 Å². The van der Waals surface area contributed by atoms with Crippen LogP contribution < -0.4 is 5.32 Å². The summed E-state index contributed by atoms with van der Waals surface area (Å²) in [7, 11) is 0. The van der Waals surface area contributed by atoms with E-state index in [0.717, 1.165) is 33.1 Å². The van der Waals surface area contributed by atoms with Gasteiger partial charge in [0.15, 0.2) is 11.6 Å². The quantitative estimate of drug-likeness (QED) is 0.281. The molecule has 0 spiro atoms. The highest BCUT2D eigenvalue weighted by molar-refractivity contribution is 7.08. The average Bonchev–Trinajstić information content (AvgIpc) is 3.73. The summed E-state index contributed by atoms with van der Waals surface area (Å²) in [4.78, 5) is 38.5. The topological polar surface area (TPSA) is 138 Å². The molecule has 0 bridgehead atoms.